The van der Waals surface area contributed by atoms with Crippen LogP contribution in [0.15, 0.2) is 0 Å². The second-order valence-electron chi connectivity index (χ2n) is 4.11. The highest BCUT2D eigenvalue weighted by Crippen LogP contribution is 2.21. The van der Waals surface area contributed by atoms with Crippen LogP contribution in [0.1, 0.15) is 32.4 Å². The van der Waals surface area contributed by atoms with E-state index < -0.39 is 0 Å². The van der Waals surface area contributed by atoms with Crippen molar-refractivity contribution in [1.29, 1.82) is 0 Å². The molecule has 0 fully saturated rings. The molecule has 16 heavy (non-hydrogen) atoms. The summed E-state index contributed by atoms with van der Waals surface area (Å²) in [4.78, 5) is 4.43. The first-order valence-electron chi connectivity index (χ1n) is 5.86. The maximum absolute atomic E-state index is 5.93. The summed E-state index contributed by atoms with van der Waals surface area (Å²) in [5.74, 6) is 0.599. The molecule has 0 aliphatic rings. The Morgan fingerprint density at radius 1 is 1.25 bits per heavy atom. The Labute approximate surface area is 95.3 Å². The fourth-order valence-electron chi connectivity index (χ4n) is 2.11. The van der Waals surface area contributed by atoms with E-state index in [1.807, 2.05) is 16.3 Å². The van der Waals surface area contributed by atoms with Gasteiger partial charge in [0.15, 0.2) is 5.65 Å². The predicted molar refractivity (Wildman–Crippen MR) is 65.2 cm³/mol. The van der Waals surface area contributed by atoms with E-state index in [-0.39, 0.29) is 0 Å². The molecule has 2 N–H and O–H groups in total. The third-order valence-corrected chi connectivity index (χ3v) is 2.75. The summed E-state index contributed by atoms with van der Waals surface area (Å²) >= 11 is 0. The molecular weight excluding hydrogens is 202 g/mol. The zero-order valence-corrected chi connectivity index (χ0v) is 10.2. The van der Waals surface area contributed by atoms with Gasteiger partial charge in [-0.25, -0.2) is 4.98 Å². The van der Waals surface area contributed by atoms with Crippen molar-refractivity contribution in [2.24, 2.45) is 7.05 Å². The van der Waals surface area contributed by atoms with E-state index in [1.54, 1.807) is 0 Å². The molecule has 0 aliphatic carbocycles. The molecule has 0 aromatic carbocycles. The highest BCUT2D eigenvalue weighted by molar-refractivity contribution is 5.77. The first kappa shape index (κ1) is 11.0. The molecule has 0 aliphatic heterocycles. The normalized spacial score (nSPS) is 11.4. The number of fused-ring (bicyclic) bond motifs is 1. The van der Waals surface area contributed by atoms with Gasteiger partial charge in [0.05, 0.1) is 5.69 Å². The Balaban J connectivity index is 2.60. The van der Waals surface area contributed by atoms with Crippen LogP contribution in [0.3, 0.4) is 0 Å². The molecule has 0 unspecified atom stereocenters. The maximum atomic E-state index is 5.93. The van der Waals surface area contributed by atoms with Gasteiger partial charge in [-0.05, 0) is 12.8 Å². The summed E-state index contributed by atoms with van der Waals surface area (Å²) < 4.78 is 3.93. The average molecular weight is 221 g/mol. The SMILES string of the molecule is CCCc1nn(C)c2c1nc(N)n2CCC. The van der Waals surface area contributed by atoms with E-state index >= 15 is 0 Å². The first-order valence-corrected chi connectivity index (χ1v) is 5.86. The minimum Gasteiger partial charge on any atom is -0.369 e. The van der Waals surface area contributed by atoms with E-state index in [0.29, 0.717) is 5.95 Å². The lowest BCUT2D eigenvalue weighted by molar-refractivity contribution is 0.663. The molecule has 2 aromatic heterocycles. The number of hydrogen-bond acceptors (Lipinski definition) is 3. The Morgan fingerprint density at radius 3 is 2.62 bits per heavy atom. The number of nitrogens with zero attached hydrogens (tertiary/aromatic N) is 4. The molecule has 5 heteroatoms. The van der Waals surface area contributed by atoms with Crippen LogP contribution >= 0.6 is 0 Å². The van der Waals surface area contributed by atoms with Gasteiger partial charge in [0, 0.05) is 13.6 Å². The second-order valence-corrected chi connectivity index (χ2v) is 4.11. The number of aryl methyl sites for hydroxylation is 3. The van der Waals surface area contributed by atoms with Crippen LogP contribution in [0.25, 0.3) is 11.2 Å². The van der Waals surface area contributed by atoms with E-state index in [9.17, 15) is 0 Å². The molecule has 0 saturated carbocycles. The minimum absolute atomic E-state index is 0.599. The minimum atomic E-state index is 0.599. The molecule has 2 heterocycles. The van der Waals surface area contributed by atoms with Crippen molar-refractivity contribution in [1.82, 2.24) is 19.3 Å². The van der Waals surface area contributed by atoms with Crippen LogP contribution in [0.2, 0.25) is 0 Å². The Morgan fingerprint density at radius 2 is 2.00 bits per heavy atom. The second kappa shape index (κ2) is 4.15. The van der Waals surface area contributed by atoms with Crippen LogP contribution in [0.5, 0.6) is 0 Å². The van der Waals surface area contributed by atoms with Crippen molar-refractivity contribution in [3.05, 3.63) is 5.69 Å². The number of nitrogen functional groups attached to an aromatic ring is 1. The van der Waals surface area contributed by atoms with E-state index in [2.05, 4.69) is 23.9 Å². The van der Waals surface area contributed by atoms with E-state index in [0.717, 1.165) is 42.7 Å². The zero-order chi connectivity index (χ0) is 11.7. The van der Waals surface area contributed by atoms with Gasteiger partial charge in [-0.1, -0.05) is 20.3 Å². The molecule has 2 aromatic rings. The maximum Gasteiger partial charge on any atom is 0.202 e. The Kier molecular flexibility index (Phi) is 2.85. The van der Waals surface area contributed by atoms with Crippen molar-refractivity contribution in [3.8, 4) is 0 Å². The monoisotopic (exact) mass is 221 g/mol. The third kappa shape index (κ3) is 1.56. The number of rotatable bonds is 4. The molecule has 0 saturated heterocycles. The Bertz CT molecular complexity index is 494. The van der Waals surface area contributed by atoms with Gasteiger partial charge in [0.1, 0.15) is 5.52 Å². The summed E-state index contributed by atoms with van der Waals surface area (Å²) in [5.41, 5.74) is 9.00. The van der Waals surface area contributed by atoms with Gasteiger partial charge in [-0.3, -0.25) is 9.25 Å². The molecule has 0 radical (unpaired) electrons. The summed E-state index contributed by atoms with van der Waals surface area (Å²) in [5, 5.41) is 4.50. The van der Waals surface area contributed by atoms with Gasteiger partial charge in [-0.2, -0.15) is 5.10 Å². The summed E-state index contributed by atoms with van der Waals surface area (Å²) in [7, 11) is 1.95. The highest BCUT2D eigenvalue weighted by Gasteiger charge is 2.16. The molecule has 88 valence electrons. The molecule has 5 nitrogen and oxygen atoms in total. The first-order chi connectivity index (χ1) is 7.69. The van der Waals surface area contributed by atoms with Gasteiger partial charge in [-0.15, -0.1) is 0 Å². The molecule has 2 rings (SSSR count). The molecule has 0 atom stereocenters. The molecule has 0 spiro atoms. The quantitative estimate of drug-likeness (QED) is 0.855. The zero-order valence-electron chi connectivity index (χ0n) is 10.2. The van der Waals surface area contributed by atoms with Crippen molar-refractivity contribution < 1.29 is 0 Å². The van der Waals surface area contributed by atoms with Gasteiger partial charge >= 0.3 is 0 Å². The van der Waals surface area contributed by atoms with Gasteiger partial charge in [0.25, 0.3) is 0 Å². The van der Waals surface area contributed by atoms with Crippen LogP contribution in [-0.2, 0) is 20.0 Å². The number of imidazole rings is 1. The van der Waals surface area contributed by atoms with Crippen molar-refractivity contribution in [3.63, 3.8) is 0 Å². The smallest absolute Gasteiger partial charge is 0.202 e. The summed E-state index contributed by atoms with van der Waals surface area (Å²) in [6, 6.07) is 0. The van der Waals surface area contributed by atoms with Crippen LogP contribution in [-0.4, -0.2) is 19.3 Å². The molecule has 0 amide bonds. The van der Waals surface area contributed by atoms with Crippen molar-refractivity contribution in [2.75, 3.05) is 5.73 Å². The van der Waals surface area contributed by atoms with Crippen molar-refractivity contribution >= 4 is 17.1 Å². The predicted octanol–water partition coefficient (Wildman–Crippen LogP) is 1.71. The number of anilines is 1. The average Bonchev–Trinajstić information content (AvgIpc) is 2.70. The topological polar surface area (TPSA) is 61.7 Å². The number of aromatic nitrogens is 4. The fraction of sp³-hybridized carbons (Fsp3) is 0.636. The lowest BCUT2D eigenvalue weighted by Crippen LogP contribution is -2.06. The number of hydrogen-bond donors (Lipinski definition) is 1. The summed E-state index contributed by atoms with van der Waals surface area (Å²) in [6.07, 6.45) is 3.08. The largest absolute Gasteiger partial charge is 0.369 e. The number of nitrogens with two attached hydrogens (primary N) is 1. The van der Waals surface area contributed by atoms with E-state index in [1.165, 1.54) is 0 Å². The van der Waals surface area contributed by atoms with Crippen molar-refractivity contribution in [2.45, 2.75) is 39.7 Å². The standard InChI is InChI=1S/C11H19N5/c1-4-6-8-9-10(15(3)14-8)16(7-5-2)11(12)13-9/h4-7H2,1-3H3,(H2,12,13). The fourth-order valence-corrected chi connectivity index (χ4v) is 2.11. The lowest BCUT2D eigenvalue weighted by Gasteiger charge is -2.03. The third-order valence-electron chi connectivity index (χ3n) is 2.75. The van der Waals surface area contributed by atoms with Gasteiger partial charge < -0.3 is 5.73 Å². The van der Waals surface area contributed by atoms with Crippen LogP contribution in [0.4, 0.5) is 5.95 Å². The lowest BCUT2D eigenvalue weighted by atomic mass is 10.2. The summed E-state index contributed by atoms with van der Waals surface area (Å²) in [6.45, 7) is 5.18. The van der Waals surface area contributed by atoms with Crippen LogP contribution in [0, 0.1) is 0 Å². The van der Waals surface area contributed by atoms with E-state index in [4.69, 9.17) is 5.73 Å². The highest BCUT2D eigenvalue weighted by atomic mass is 15.3. The molecule has 0 bridgehead atoms. The Hall–Kier alpha value is -1.52. The molecular formula is C11H19N5. The van der Waals surface area contributed by atoms with Gasteiger partial charge in [0.2, 0.25) is 5.95 Å². The van der Waals surface area contributed by atoms with Crippen LogP contribution < -0.4 is 5.73 Å².